The molecule has 0 bridgehead atoms. The van der Waals surface area contributed by atoms with Crippen LogP contribution in [0.25, 0.3) is 0 Å². The first-order chi connectivity index (χ1) is 22.8. The molecule has 286 valence electrons. The molecular formula is C41H79I3N3O-. The quantitative estimate of drug-likeness (QED) is 0.281. The molecule has 1 N–H and O–H groups in total. The molecule has 3 saturated heterocycles. The van der Waals surface area contributed by atoms with E-state index in [1.165, 1.54) is 129 Å². The number of carbonyl (C=O) groups excluding carboxylic acids is 1. The van der Waals surface area contributed by atoms with Gasteiger partial charge >= 0.3 is 50.5 Å². The van der Waals surface area contributed by atoms with Gasteiger partial charge in [0.05, 0.1) is 0 Å². The van der Waals surface area contributed by atoms with Gasteiger partial charge in [0.15, 0.2) is 0 Å². The molecule has 0 radical (unpaired) electrons. The summed E-state index contributed by atoms with van der Waals surface area (Å²) in [4.78, 5) is 16.2. The number of likely N-dealkylation sites (tertiary alicyclic amines) is 2. The molecule has 4 nitrogen and oxygen atoms in total. The Morgan fingerprint density at radius 1 is 0.521 bits per heavy atom. The molecule has 3 saturated carbocycles. The second-order valence-corrected chi connectivity index (χ2v) is 34.2. The molecule has 6 fully saturated rings. The van der Waals surface area contributed by atoms with E-state index in [1.54, 1.807) is 0 Å². The minimum atomic E-state index is 0.461. The third kappa shape index (κ3) is 18.2. The van der Waals surface area contributed by atoms with Crippen LogP contribution >= 0.6 is 37.2 Å². The van der Waals surface area contributed by atoms with Crippen molar-refractivity contribution in [1.82, 2.24) is 15.1 Å². The van der Waals surface area contributed by atoms with Gasteiger partial charge in [-0.25, -0.2) is 0 Å². The fourth-order valence-electron chi connectivity index (χ4n) is 8.55. The Morgan fingerprint density at radius 3 is 1.06 bits per heavy atom. The minimum absolute atomic E-state index is 0.461. The van der Waals surface area contributed by atoms with Crippen LogP contribution in [0.4, 0.5) is 0 Å². The van der Waals surface area contributed by atoms with Crippen molar-refractivity contribution >= 4 is 43.0 Å². The number of Topliss-reactive ketones (excluding diaryl/α,β-unsaturated/α-hetero) is 1. The Hall–Kier alpha value is 1.74. The molecule has 7 heteroatoms. The van der Waals surface area contributed by atoms with Crippen LogP contribution in [0.3, 0.4) is 0 Å². The van der Waals surface area contributed by atoms with Gasteiger partial charge in [0.2, 0.25) is 0 Å². The zero-order valence-corrected chi connectivity index (χ0v) is 39.3. The average Bonchev–Trinajstić information content (AvgIpc) is 3.08. The molecule has 0 aromatic rings. The SMILES string of the molecule is CC1CCC(=O)CC1.CC1CCN(C2(C)CCC(C)CC2)CC1.CC1CCN(C2(C)CCC(C)CC2)CC1.CC1CCNCC1.I[I-]I. The van der Waals surface area contributed by atoms with Crippen LogP contribution in [0.2, 0.25) is 0 Å². The van der Waals surface area contributed by atoms with Crippen LogP contribution in [0, 0.1) is 35.5 Å². The molecule has 48 heavy (non-hydrogen) atoms. The third-order valence-corrected chi connectivity index (χ3v) is 13.3. The predicted molar refractivity (Wildman–Crippen MR) is 224 cm³/mol. The first-order valence-corrected chi connectivity index (χ1v) is 33.0. The molecule has 0 aromatic heterocycles. The van der Waals surface area contributed by atoms with E-state index in [9.17, 15) is 4.79 Å². The monoisotopic (exact) mass is 1010 g/mol. The van der Waals surface area contributed by atoms with E-state index in [4.69, 9.17) is 0 Å². The van der Waals surface area contributed by atoms with E-state index in [2.05, 4.69) is 108 Å². The van der Waals surface area contributed by atoms with E-state index >= 15 is 0 Å². The normalized spacial score (nSPS) is 33.5. The van der Waals surface area contributed by atoms with Gasteiger partial charge < -0.3 is 5.32 Å². The number of nitrogens with one attached hydrogen (secondary N) is 1. The van der Waals surface area contributed by atoms with E-state index in [0.717, 1.165) is 61.2 Å². The van der Waals surface area contributed by atoms with Crippen molar-refractivity contribution in [3.8, 4) is 0 Å². The molecule has 3 aliphatic heterocycles. The van der Waals surface area contributed by atoms with Gasteiger partial charge in [0.1, 0.15) is 5.78 Å². The summed E-state index contributed by atoms with van der Waals surface area (Å²) < 4.78 is 0. The van der Waals surface area contributed by atoms with Crippen LogP contribution in [-0.4, -0.2) is 65.9 Å². The zero-order valence-electron chi connectivity index (χ0n) is 32.9. The number of ketones is 1. The van der Waals surface area contributed by atoms with E-state index in [-0.39, 0.29) is 0 Å². The first kappa shape index (κ1) is 45.9. The van der Waals surface area contributed by atoms with Gasteiger partial charge in [-0.2, -0.15) is 0 Å². The molecule has 0 unspecified atom stereocenters. The zero-order chi connectivity index (χ0) is 35.6. The fourth-order valence-corrected chi connectivity index (χ4v) is 8.55. The predicted octanol–water partition coefficient (Wildman–Crippen LogP) is 8.92. The summed E-state index contributed by atoms with van der Waals surface area (Å²) in [5.74, 6) is 6.11. The molecular weight excluding hydrogens is 931 g/mol. The standard InChI is InChI=1S/2C14H27N.C7H12O.C6H13N.I3/c2*1-12-4-8-14(3,9-5-12)15-10-6-13(2)7-11-15;1-6-2-4-7(8)5-3-6;1-6-2-4-7-5-3-6;1-3-2/h2*12-13H,4-11H2,1-3H3;6H,2-5H2,1H3;6-7H,2-5H2,1H3;/q;;;;-1. The Labute approximate surface area is 330 Å². The van der Waals surface area contributed by atoms with Gasteiger partial charge in [-0.1, -0.05) is 41.5 Å². The number of nitrogens with zero attached hydrogens (tertiary/aromatic N) is 2. The molecule has 0 atom stereocenters. The van der Waals surface area contributed by atoms with E-state index in [1.807, 2.05) is 0 Å². The topological polar surface area (TPSA) is 35.6 Å². The second kappa shape index (κ2) is 24.9. The van der Waals surface area contributed by atoms with Gasteiger partial charge in [-0.3, -0.25) is 14.6 Å². The first-order valence-electron chi connectivity index (χ1n) is 20.4. The van der Waals surface area contributed by atoms with Gasteiger partial charge in [-0.05, 0) is 191 Å². The van der Waals surface area contributed by atoms with Crippen molar-refractivity contribution in [1.29, 1.82) is 0 Å². The van der Waals surface area contributed by atoms with Crippen LogP contribution in [0.5, 0.6) is 0 Å². The van der Waals surface area contributed by atoms with Crippen molar-refractivity contribution in [2.24, 2.45) is 35.5 Å². The molecule has 6 rings (SSSR count). The number of halogens is 3. The second-order valence-electron chi connectivity index (χ2n) is 17.9. The number of hydrogen-bond donors (Lipinski definition) is 1. The summed E-state index contributed by atoms with van der Waals surface area (Å²) in [6, 6.07) is 0. The summed E-state index contributed by atoms with van der Waals surface area (Å²) in [7, 11) is 0. The summed E-state index contributed by atoms with van der Waals surface area (Å²) >= 11 is 5.30. The number of hydrogen-bond acceptors (Lipinski definition) is 4. The number of carbonyl (C=O) groups is 1. The van der Waals surface area contributed by atoms with Crippen LogP contribution < -0.4 is 18.6 Å². The molecule has 6 aliphatic rings. The Bertz CT molecular complexity index is 765. The van der Waals surface area contributed by atoms with Crippen molar-refractivity contribution in [3.05, 3.63) is 0 Å². The summed E-state index contributed by atoms with van der Waals surface area (Å²) in [5, 5.41) is 3.32. The van der Waals surface area contributed by atoms with Crippen LogP contribution in [0.15, 0.2) is 0 Å². The van der Waals surface area contributed by atoms with E-state index < -0.39 is 0 Å². The molecule has 3 heterocycles. The van der Waals surface area contributed by atoms with Crippen molar-refractivity contribution < 1.29 is 18.0 Å². The summed E-state index contributed by atoms with van der Waals surface area (Å²) in [5.41, 5.74) is 1.10. The summed E-state index contributed by atoms with van der Waals surface area (Å²) in [6.07, 6.45) is 23.9. The number of piperidine rings is 3. The summed E-state index contributed by atoms with van der Waals surface area (Å²) in [6.45, 7) is 27.1. The number of rotatable bonds is 2. The van der Waals surface area contributed by atoms with Crippen LogP contribution in [0.1, 0.15) is 171 Å². The van der Waals surface area contributed by atoms with Crippen molar-refractivity contribution in [2.45, 2.75) is 182 Å². The van der Waals surface area contributed by atoms with Gasteiger partial charge in [0.25, 0.3) is 0 Å². The fraction of sp³-hybridized carbons (Fsp3) is 0.976. The Morgan fingerprint density at radius 2 is 0.792 bits per heavy atom. The van der Waals surface area contributed by atoms with Gasteiger partial charge in [-0.15, -0.1) is 0 Å². The third-order valence-electron chi connectivity index (χ3n) is 13.3. The van der Waals surface area contributed by atoms with Crippen molar-refractivity contribution in [3.63, 3.8) is 0 Å². The Kier molecular flexibility index (Phi) is 23.8. The van der Waals surface area contributed by atoms with Crippen LogP contribution in [-0.2, 0) is 4.79 Å². The van der Waals surface area contributed by atoms with Crippen molar-refractivity contribution in [2.75, 3.05) is 39.3 Å². The molecule has 3 aliphatic carbocycles. The average molecular weight is 1010 g/mol. The molecule has 0 spiro atoms. The Balaban J connectivity index is 0.000000226. The molecule has 0 aromatic carbocycles. The maximum atomic E-state index is 10.6. The molecule has 0 amide bonds. The van der Waals surface area contributed by atoms with E-state index in [0.29, 0.717) is 30.1 Å². The maximum absolute atomic E-state index is 10.6. The van der Waals surface area contributed by atoms with Gasteiger partial charge in [0, 0.05) is 23.9 Å².